The van der Waals surface area contributed by atoms with Crippen LogP contribution in [0.2, 0.25) is 0 Å². The van der Waals surface area contributed by atoms with Gasteiger partial charge < -0.3 is 20.8 Å². The third kappa shape index (κ3) is 4.04. The van der Waals surface area contributed by atoms with Crippen molar-refractivity contribution in [2.45, 2.75) is 6.92 Å². The predicted octanol–water partition coefficient (Wildman–Crippen LogP) is 3.19. The van der Waals surface area contributed by atoms with Crippen molar-refractivity contribution >= 4 is 29.1 Å². The molecule has 27 heavy (non-hydrogen) atoms. The van der Waals surface area contributed by atoms with Gasteiger partial charge in [0.2, 0.25) is 5.91 Å². The third-order valence-corrected chi connectivity index (χ3v) is 4.00. The lowest BCUT2D eigenvalue weighted by atomic mass is 10.1. The number of nitrogens with two attached hydrogens (primary N) is 1. The van der Waals surface area contributed by atoms with E-state index < -0.39 is 5.91 Å². The highest BCUT2D eigenvalue weighted by molar-refractivity contribution is 6.06. The average Bonchev–Trinajstić information content (AvgIpc) is 3.18. The number of nitrogens with one attached hydrogen (secondary N) is 2. The molecule has 3 amide bonds. The molecule has 0 aliphatic heterocycles. The van der Waals surface area contributed by atoms with Gasteiger partial charge in [0.1, 0.15) is 0 Å². The van der Waals surface area contributed by atoms with E-state index in [0.29, 0.717) is 28.1 Å². The molecule has 0 saturated heterocycles. The Morgan fingerprint density at radius 3 is 2.26 bits per heavy atom. The molecule has 7 nitrogen and oxygen atoms in total. The molecule has 0 atom stereocenters. The number of carbonyl (C=O) groups excluding carboxylic acids is 3. The van der Waals surface area contributed by atoms with E-state index in [-0.39, 0.29) is 17.6 Å². The number of hydrogen-bond acceptors (Lipinski definition) is 4. The van der Waals surface area contributed by atoms with Crippen LogP contribution in [0.5, 0.6) is 0 Å². The van der Waals surface area contributed by atoms with Crippen molar-refractivity contribution in [3.05, 3.63) is 83.3 Å². The van der Waals surface area contributed by atoms with Crippen LogP contribution in [-0.4, -0.2) is 17.7 Å². The van der Waals surface area contributed by atoms with Gasteiger partial charge in [-0.1, -0.05) is 6.07 Å². The van der Waals surface area contributed by atoms with Crippen LogP contribution in [0.4, 0.5) is 11.4 Å². The fourth-order valence-electron chi connectivity index (χ4n) is 2.54. The van der Waals surface area contributed by atoms with Crippen LogP contribution in [0, 0.1) is 6.92 Å². The highest BCUT2D eigenvalue weighted by Crippen LogP contribution is 2.20. The van der Waals surface area contributed by atoms with Gasteiger partial charge in [0.25, 0.3) is 11.8 Å². The van der Waals surface area contributed by atoms with Crippen LogP contribution < -0.4 is 16.4 Å². The molecule has 1 heterocycles. The number of amides is 3. The number of benzene rings is 2. The minimum atomic E-state index is -0.555. The van der Waals surface area contributed by atoms with E-state index in [9.17, 15) is 14.4 Å². The van der Waals surface area contributed by atoms with Crippen LogP contribution in [0.25, 0.3) is 0 Å². The van der Waals surface area contributed by atoms with Gasteiger partial charge in [-0.05, 0) is 61.0 Å². The molecule has 0 unspecified atom stereocenters. The number of anilines is 2. The molecule has 136 valence electrons. The lowest BCUT2D eigenvalue weighted by Gasteiger charge is -2.11. The second-order valence-electron chi connectivity index (χ2n) is 5.81. The summed E-state index contributed by atoms with van der Waals surface area (Å²) in [6, 6.07) is 14.5. The fourth-order valence-corrected chi connectivity index (χ4v) is 2.54. The van der Waals surface area contributed by atoms with Gasteiger partial charge in [-0.2, -0.15) is 0 Å². The summed E-state index contributed by atoms with van der Waals surface area (Å²) in [7, 11) is 0. The highest BCUT2D eigenvalue weighted by atomic mass is 16.3. The normalized spacial score (nSPS) is 10.3. The zero-order valence-corrected chi connectivity index (χ0v) is 14.5. The number of primary amides is 1. The zero-order chi connectivity index (χ0) is 19.4. The molecule has 0 spiro atoms. The van der Waals surface area contributed by atoms with Crippen molar-refractivity contribution in [3.8, 4) is 0 Å². The van der Waals surface area contributed by atoms with Gasteiger partial charge in [0, 0.05) is 22.5 Å². The number of carbonyl (C=O) groups is 3. The van der Waals surface area contributed by atoms with Crippen LogP contribution in [0.3, 0.4) is 0 Å². The summed E-state index contributed by atoms with van der Waals surface area (Å²) in [5.74, 6) is -1.08. The molecule has 0 aliphatic carbocycles. The van der Waals surface area contributed by atoms with Crippen LogP contribution in [0.15, 0.2) is 65.3 Å². The first-order valence-electron chi connectivity index (χ1n) is 8.11. The number of rotatable bonds is 5. The van der Waals surface area contributed by atoms with Crippen LogP contribution in [0.1, 0.15) is 36.8 Å². The topological polar surface area (TPSA) is 114 Å². The maximum Gasteiger partial charge on any atom is 0.291 e. The molecular weight excluding hydrogens is 346 g/mol. The van der Waals surface area contributed by atoms with Crippen LogP contribution in [-0.2, 0) is 0 Å². The fraction of sp³-hybridized carbons (Fsp3) is 0.0500. The second-order valence-corrected chi connectivity index (χ2v) is 5.81. The van der Waals surface area contributed by atoms with E-state index >= 15 is 0 Å². The van der Waals surface area contributed by atoms with Crippen molar-refractivity contribution < 1.29 is 18.8 Å². The van der Waals surface area contributed by atoms with Gasteiger partial charge in [-0.15, -0.1) is 0 Å². The molecular formula is C20H17N3O4. The zero-order valence-electron chi connectivity index (χ0n) is 14.5. The van der Waals surface area contributed by atoms with E-state index in [2.05, 4.69) is 10.6 Å². The number of hydrogen-bond donors (Lipinski definition) is 3. The molecule has 1 aromatic heterocycles. The number of furan rings is 1. The van der Waals surface area contributed by atoms with E-state index in [0.717, 1.165) is 0 Å². The highest BCUT2D eigenvalue weighted by Gasteiger charge is 2.13. The quantitative estimate of drug-likeness (QED) is 0.646. The first-order valence-corrected chi connectivity index (χ1v) is 8.11. The third-order valence-electron chi connectivity index (χ3n) is 4.00. The molecule has 0 bridgehead atoms. The van der Waals surface area contributed by atoms with Gasteiger partial charge in [-0.3, -0.25) is 14.4 Å². The molecule has 3 rings (SSSR count). The smallest absolute Gasteiger partial charge is 0.291 e. The summed E-state index contributed by atoms with van der Waals surface area (Å²) in [5.41, 5.74) is 7.70. The van der Waals surface area contributed by atoms with Gasteiger partial charge >= 0.3 is 0 Å². The second kappa shape index (κ2) is 7.57. The molecule has 2 aromatic carbocycles. The van der Waals surface area contributed by atoms with Crippen molar-refractivity contribution in [1.82, 2.24) is 0 Å². The largest absolute Gasteiger partial charge is 0.459 e. The standard InChI is InChI=1S/C20H17N3O4/c1-12-15(18(21)24)4-2-5-16(12)23-19(25)13-7-9-14(10-8-13)22-20(26)17-6-3-11-27-17/h2-11H,1H3,(H2,21,24)(H,22,26)(H,23,25). The monoisotopic (exact) mass is 363 g/mol. The lowest BCUT2D eigenvalue weighted by Crippen LogP contribution is -2.17. The molecule has 0 saturated carbocycles. The Morgan fingerprint density at radius 2 is 1.63 bits per heavy atom. The summed E-state index contributed by atoms with van der Waals surface area (Å²) < 4.78 is 5.02. The Morgan fingerprint density at radius 1 is 0.889 bits per heavy atom. The van der Waals surface area contributed by atoms with Crippen molar-refractivity contribution in [3.63, 3.8) is 0 Å². The summed E-state index contributed by atoms with van der Waals surface area (Å²) in [6.07, 6.45) is 1.41. The molecule has 7 heteroatoms. The van der Waals surface area contributed by atoms with E-state index in [1.54, 1.807) is 61.5 Å². The summed E-state index contributed by atoms with van der Waals surface area (Å²) in [6.45, 7) is 1.71. The van der Waals surface area contributed by atoms with Crippen molar-refractivity contribution in [1.29, 1.82) is 0 Å². The Kier molecular flexibility index (Phi) is 5.03. The Balaban J connectivity index is 1.70. The van der Waals surface area contributed by atoms with E-state index in [1.807, 2.05) is 0 Å². The minimum absolute atomic E-state index is 0.196. The lowest BCUT2D eigenvalue weighted by molar-refractivity contribution is 0.0990. The maximum atomic E-state index is 12.4. The first-order chi connectivity index (χ1) is 13.0. The Labute approximate surface area is 155 Å². The minimum Gasteiger partial charge on any atom is -0.459 e. The molecule has 3 aromatic rings. The predicted molar refractivity (Wildman–Crippen MR) is 101 cm³/mol. The summed E-state index contributed by atoms with van der Waals surface area (Å²) in [5, 5.41) is 5.43. The Bertz CT molecular complexity index is 993. The average molecular weight is 363 g/mol. The Hall–Kier alpha value is -3.87. The molecule has 4 N–H and O–H groups in total. The first kappa shape index (κ1) is 17.9. The van der Waals surface area contributed by atoms with Crippen LogP contribution >= 0.6 is 0 Å². The van der Waals surface area contributed by atoms with Crippen molar-refractivity contribution in [2.24, 2.45) is 5.73 Å². The van der Waals surface area contributed by atoms with Gasteiger partial charge in [0.05, 0.1) is 6.26 Å². The summed E-state index contributed by atoms with van der Waals surface area (Å²) >= 11 is 0. The van der Waals surface area contributed by atoms with Gasteiger partial charge in [0.15, 0.2) is 5.76 Å². The maximum absolute atomic E-state index is 12.4. The van der Waals surface area contributed by atoms with Gasteiger partial charge in [-0.25, -0.2) is 0 Å². The molecule has 0 aliphatic rings. The van der Waals surface area contributed by atoms with Crippen molar-refractivity contribution in [2.75, 3.05) is 10.6 Å². The molecule has 0 fully saturated rings. The SMILES string of the molecule is Cc1c(NC(=O)c2ccc(NC(=O)c3ccco3)cc2)cccc1C(N)=O. The van der Waals surface area contributed by atoms with E-state index in [4.69, 9.17) is 10.2 Å². The molecule has 0 radical (unpaired) electrons. The van der Waals surface area contributed by atoms with E-state index in [1.165, 1.54) is 6.26 Å². The summed E-state index contributed by atoms with van der Waals surface area (Å²) in [4.78, 5) is 35.8.